The summed E-state index contributed by atoms with van der Waals surface area (Å²) in [5, 5.41) is 0. The summed E-state index contributed by atoms with van der Waals surface area (Å²) in [6.45, 7) is 11.5. The Morgan fingerprint density at radius 3 is 1.18 bits per heavy atom. The van der Waals surface area contributed by atoms with E-state index in [9.17, 15) is 9.59 Å². The van der Waals surface area contributed by atoms with E-state index in [4.69, 9.17) is 24.4 Å². The lowest BCUT2D eigenvalue weighted by molar-refractivity contribution is -0.127. The van der Waals surface area contributed by atoms with Crippen molar-refractivity contribution in [2.24, 2.45) is 0 Å². The maximum Gasteiger partial charge on any atom is 0.268 e. The zero-order valence-corrected chi connectivity index (χ0v) is 16.6. The largest absolute Gasteiger partial charge is 0.287 e. The van der Waals surface area contributed by atoms with Crippen LogP contribution in [0.1, 0.15) is 41.5 Å². The van der Waals surface area contributed by atoms with E-state index in [0.717, 1.165) is 0 Å². The number of hydrogen-bond donors (Lipinski definition) is 0. The van der Waals surface area contributed by atoms with Gasteiger partial charge in [0.1, 0.15) is 8.64 Å². The molecule has 2 aliphatic heterocycles. The highest BCUT2D eigenvalue weighted by molar-refractivity contribution is 8.29. The van der Waals surface area contributed by atoms with Gasteiger partial charge in [-0.15, -0.1) is 0 Å². The van der Waals surface area contributed by atoms with Crippen LogP contribution in [-0.4, -0.2) is 41.3 Å². The summed E-state index contributed by atoms with van der Waals surface area (Å²) in [7, 11) is 0. The van der Waals surface area contributed by atoms with E-state index in [1.54, 1.807) is 9.80 Å². The Balaban J connectivity index is 2.46. The maximum absolute atomic E-state index is 12.7. The van der Waals surface area contributed by atoms with Gasteiger partial charge in [0.2, 0.25) is 0 Å². The fourth-order valence-electron chi connectivity index (χ4n) is 2.17. The highest BCUT2D eigenvalue weighted by Gasteiger charge is 2.47. The minimum Gasteiger partial charge on any atom is -0.287 e. The van der Waals surface area contributed by atoms with Crippen LogP contribution in [0, 0.1) is 0 Å². The molecule has 0 aromatic heterocycles. The third kappa shape index (κ3) is 2.98. The van der Waals surface area contributed by atoms with Crippen LogP contribution >= 0.6 is 48.0 Å². The van der Waals surface area contributed by atoms with Crippen molar-refractivity contribution in [2.45, 2.75) is 52.6 Å². The standard InChI is InChI=1S/C14H18N2O2S4/c1-13(2,3)15-9(17)7(21-11(15)19)8-10(18)16(12(20)22-8)14(4,5)6/h1-6H3. The van der Waals surface area contributed by atoms with Crippen LogP contribution in [0.25, 0.3) is 0 Å². The molecule has 0 aromatic rings. The molecule has 2 fully saturated rings. The van der Waals surface area contributed by atoms with E-state index in [1.807, 2.05) is 41.5 Å². The minimum absolute atomic E-state index is 0.211. The molecular weight excluding hydrogens is 356 g/mol. The van der Waals surface area contributed by atoms with Crippen molar-refractivity contribution in [2.75, 3.05) is 0 Å². The first-order valence-corrected chi connectivity index (χ1v) is 9.17. The lowest BCUT2D eigenvalue weighted by Gasteiger charge is -2.30. The van der Waals surface area contributed by atoms with Crippen molar-refractivity contribution in [3.8, 4) is 0 Å². The van der Waals surface area contributed by atoms with Gasteiger partial charge in [-0.25, -0.2) is 0 Å². The van der Waals surface area contributed by atoms with Crippen molar-refractivity contribution >= 4 is 68.4 Å². The van der Waals surface area contributed by atoms with Crippen molar-refractivity contribution in [3.63, 3.8) is 0 Å². The Labute approximate surface area is 150 Å². The van der Waals surface area contributed by atoms with Gasteiger partial charge in [0.05, 0.1) is 9.81 Å². The van der Waals surface area contributed by atoms with Crippen LogP contribution < -0.4 is 0 Å². The van der Waals surface area contributed by atoms with Gasteiger partial charge < -0.3 is 0 Å². The number of rotatable bonds is 0. The third-order valence-corrected chi connectivity index (χ3v) is 5.96. The molecule has 22 heavy (non-hydrogen) atoms. The lowest BCUT2D eigenvalue weighted by Crippen LogP contribution is -2.45. The molecule has 0 unspecified atom stereocenters. The van der Waals surface area contributed by atoms with Gasteiger partial charge in [0.15, 0.2) is 0 Å². The number of thiocarbonyl (C=S) groups is 2. The molecule has 0 aromatic carbocycles. The average molecular weight is 375 g/mol. The van der Waals surface area contributed by atoms with E-state index in [0.29, 0.717) is 18.5 Å². The van der Waals surface area contributed by atoms with Crippen LogP contribution in [-0.2, 0) is 9.59 Å². The van der Waals surface area contributed by atoms with E-state index in [-0.39, 0.29) is 11.8 Å². The third-order valence-electron chi connectivity index (χ3n) is 3.09. The molecule has 8 heteroatoms. The Kier molecular flexibility index (Phi) is 4.54. The molecule has 0 aliphatic carbocycles. The molecule has 2 rings (SSSR count). The number of carbonyl (C=O) groups is 2. The second-order valence-electron chi connectivity index (χ2n) is 7.02. The number of thioether (sulfide) groups is 2. The first-order chi connectivity index (χ1) is 9.85. The molecule has 2 aliphatic rings. The predicted molar refractivity (Wildman–Crippen MR) is 101 cm³/mol. The van der Waals surface area contributed by atoms with Crippen LogP contribution in [0.3, 0.4) is 0 Å². The summed E-state index contributed by atoms with van der Waals surface area (Å²) >= 11 is 13.0. The maximum atomic E-state index is 12.7. The average Bonchev–Trinajstić information content (AvgIpc) is 2.74. The van der Waals surface area contributed by atoms with Crippen molar-refractivity contribution in [1.29, 1.82) is 0 Å². The highest BCUT2D eigenvalue weighted by Crippen LogP contribution is 2.45. The second-order valence-corrected chi connectivity index (χ2v) is 10.3. The monoisotopic (exact) mass is 374 g/mol. The summed E-state index contributed by atoms with van der Waals surface area (Å²) in [6.07, 6.45) is 0. The normalized spacial score (nSPS) is 24.1. The fourth-order valence-corrected chi connectivity index (χ4v) is 5.59. The van der Waals surface area contributed by atoms with Crippen molar-refractivity contribution < 1.29 is 9.59 Å². The van der Waals surface area contributed by atoms with E-state index in [1.165, 1.54) is 23.5 Å². The minimum atomic E-state index is -0.417. The molecule has 4 nitrogen and oxygen atoms in total. The number of nitrogens with zero attached hydrogens (tertiary/aromatic N) is 2. The lowest BCUT2D eigenvalue weighted by atomic mass is 10.1. The summed E-state index contributed by atoms with van der Waals surface area (Å²) in [5.41, 5.74) is -0.833. The molecule has 0 radical (unpaired) electrons. The van der Waals surface area contributed by atoms with Crippen LogP contribution in [0.5, 0.6) is 0 Å². The van der Waals surface area contributed by atoms with E-state index >= 15 is 0 Å². The van der Waals surface area contributed by atoms with Gasteiger partial charge in [0, 0.05) is 11.1 Å². The SMILES string of the molecule is CC(C)(C)N1C(=O)C(=C2SC(=S)N(C(C)(C)C)C2=O)SC1=S. The van der Waals surface area contributed by atoms with E-state index in [2.05, 4.69) is 0 Å². The molecule has 0 N–H and O–H groups in total. The summed E-state index contributed by atoms with van der Waals surface area (Å²) in [4.78, 5) is 29.3. The Hall–Kier alpha value is -0.440. The van der Waals surface area contributed by atoms with Crippen molar-refractivity contribution in [1.82, 2.24) is 9.80 Å². The molecule has 0 saturated carbocycles. The van der Waals surface area contributed by atoms with Crippen molar-refractivity contribution in [3.05, 3.63) is 9.81 Å². The Morgan fingerprint density at radius 2 is 1.00 bits per heavy atom. The smallest absolute Gasteiger partial charge is 0.268 e. The quantitative estimate of drug-likeness (QED) is 0.477. The first-order valence-electron chi connectivity index (χ1n) is 6.72. The van der Waals surface area contributed by atoms with Gasteiger partial charge in [-0.2, -0.15) is 0 Å². The Bertz CT molecular complexity index is 572. The summed E-state index contributed by atoms with van der Waals surface area (Å²) < 4.78 is 0.960. The molecule has 0 spiro atoms. The number of carbonyl (C=O) groups excluding carboxylic acids is 2. The Morgan fingerprint density at radius 1 is 0.727 bits per heavy atom. The van der Waals surface area contributed by atoms with Crippen LogP contribution in [0.2, 0.25) is 0 Å². The van der Waals surface area contributed by atoms with Gasteiger partial charge in [0.25, 0.3) is 11.8 Å². The highest BCUT2D eigenvalue weighted by atomic mass is 32.2. The number of amides is 2. The van der Waals surface area contributed by atoms with Crippen LogP contribution in [0.4, 0.5) is 0 Å². The van der Waals surface area contributed by atoms with Gasteiger partial charge in [-0.05, 0) is 41.5 Å². The van der Waals surface area contributed by atoms with E-state index < -0.39 is 11.1 Å². The number of hydrogen-bond acceptors (Lipinski definition) is 6. The molecule has 2 saturated heterocycles. The van der Waals surface area contributed by atoms with Gasteiger partial charge in [-0.1, -0.05) is 48.0 Å². The molecule has 2 amide bonds. The molecular formula is C14H18N2O2S4. The summed E-state index contributed by atoms with van der Waals surface area (Å²) in [6, 6.07) is 0. The molecule has 2 heterocycles. The van der Waals surface area contributed by atoms with Crippen LogP contribution in [0.15, 0.2) is 9.81 Å². The molecule has 0 atom stereocenters. The van der Waals surface area contributed by atoms with Gasteiger partial charge in [-0.3, -0.25) is 19.4 Å². The van der Waals surface area contributed by atoms with Gasteiger partial charge >= 0.3 is 0 Å². The molecule has 120 valence electrons. The second kappa shape index (κ2) is 5.58. The predicted octanol–water partition coefficient (Wildman–Crippen LogP) is 3.52. The topological polar surface area (TPSA) is 40.6 Å². The molecule has 0 bridgehead atoms. The summed E-state index contributed by atoms with van der Waals surface area (Å²) in [5.74, 6) is -0.422. The first kappa shape index (κ1) is 17.9. The zero-order chi connectivity index (χ0) is 17.0. The zero-order valence-electron chi connectivity index (χ0n) is 13.3. The fraction of sp³-hybridized carbons (Fsp3) is 0.571.